The van der Waals surface area contributed by atoms with Crippen molar-refractivity contribution in [2.24, 2.45) is 5.18 Å². The Labute approximate surface area is 192 Å². The van der Waals surface area contributed by atoms with E-state index in [-0.39, 0.29) is 5.69 Å². The molecule has 0 radical (unpaired) electrons. The number of benzene rings is 3. The van der Waals surface area contributed by atoms with Crippen molar-refractivity contribution >= 4 is 34.4 Å². The van der Waals surface area contributed by atoms with Gasteiger partial charge in [0.1, 0.15) is 0 Å². The molecule has 0 saturated carbocycles. The molecule has 166 valence electrons. The fourth-order valence-corrected chi connectivity index (χ4v) is 3.59. The molecule has 0 atom stereocenters. The van der Waals surface area contributed by atoms with Gasteiger partial charge in [-0.3, -0.25) is 0 Å². The Morgan fingerprint density at radius 3 is 2.61 bits per heavy atom. The second-order valence-corrected chi connectivity index (χ2v) is 7.38. The zero-order chi connectivity index (χ0) is 23.0. The van der Waals surface area contributed by atoms with Gasteiger partial charge in [0.2, 0.25) is 0 Å². The minimum Gasteiger partial charge on any atom is -0.493 e. The Hall–Kier alpha value is -4.19. The van der Waals surface area contributed by atoms with Gasteiger partial charge in [-0.15, -0.1) is 4.91 Å². The lowest BCUT2D eigenvalue weighted by Gasteiger charge is -2.11. The van der Waals surface area contributed by atoms with Crippen molar-refractivity contribution in [2.45, 2.75) is 13.5 Å². The van der Waals surface area contributed by atoms with Gasteiger partial charge in [0, 0.05) is 11.9 Å². The first kappa shape index (κ1) is 22.0. The number of methoxy groups -OCH3 is 1. The van der Waals surface area contributed by atoms with Crippen LogP contribution >= 0.6 is 0 Å². The van der Waals surface area contributed by atoms with Crippen LogP contribution in [0.3, 0.4) is 0 Å². The Bertz CT molecular complexity index is 1290. The van der Waals surface area contributed by atoms with Gasteiger partial charge in [-0.1, -0.05) is 54.6 Å². The zero-order valence-corrected chi connectivity index (χ0v) is 18.6. The summed E-state index contributed by atoms with van der Waals surface area (Å²) in [5.41, 5.74) is 4.84. The summed E-state index contributed by atoms with van der Waals surface area (Å²) in [5, 5.41) is 7.64. The van der Waals surface area contributed by atoms with Crippen LogP contribution in [0.4, 0.5) is 11.4 Å². The van der Waals surface area contributed by atoms with Crippen LogP contribution in [0.2, 0.25) is 0 Å². The molecule has 1 aromatic heterocycles. The highest BCUT2D eigenvalue weighted by Crippen LogP contribution is 2.39. The predicted octanol–water partition coefficient (Wildman–Crippen LogP) is 6.82. The molecule has 0 aliphatic carbocycles. The van der Waals surface area contributed by atoms with Gasteiger partial charge in [0.15, 0.2) is 17.2 Å². The predicted molar refractivity (Wildman–Crippen MR) is 134 cm³/mol. The topological polar surface area (TPSA) is 72.8 Å². The molecule has 0 bridgehead atoms. The molecule has 4 aromatic rings. The van der Waals surface area contributed by atoms with Crippen LogP contribution in [0.1, 0.15) is 23.7 Å². The fraction of sp³-hybridized carbons (Fsp3) is 0.148. The summed E-state index contributed by atoms with van der Waals surface area (Å²) in [4.78, 5) is 16.2. The Morgan fingerprint density at radius 2 is 1.85 bits per heavy atom. The molecule has 0 amide bonds. The number of nitrogens with one attached hydrogen (secondary N) is 1. The van der Waals surface area contributed by atoms with Gasteiger partial charge in [-0.05, 0) is 53.6 Å². The lowest BCUT2D eigenvalue weighted by Crippen LogP contribution is -2.00. The molecule has 1 heterocycles. The minimum atomic E-state index is 0.203. The summed E-state index contributed by atoms with van der Waals surface area (Å²) in [6.45, 7) is 2.97. The second kappa shape index (κ2) is 10.4. The van der Waals surface area contributed by atoms with Crippen LogP contribution in [-0.2, 0) is 6.54 Å². The summed E-state index contributed by atoms with van der Waals surface area (Å²) in [5.74, 6) is 0.817. The molecule has 0 spiro atoms. The van der Waals surface area contributed by atoms with E-state index in [0.717, 1.165) is 34.4 Å². The minimum absolute atomic E-state index is 0.203. The molecule has 0 aliphatic rings. The van der Waals surface area contributed by atoms with Crippen LogP contribution in [0.5, 0.6) is 11.5 Å². The van der Waals surface area contributed by atoms with E-state index in [4.69, 9.17) is 14.5 Å². The highest BCUT2D eigenvalue weighted by atomic mass is 16.5. The maximum absolute atomic E-state index is 11.3. The number of pyridine rings is 1. The molecule has 0 saturated heterocycles. The summed E-state index contributed by atoms with van der Waals surface area (Å²) in [7, 11) is 1.54. The van der Waals surface area contributed by atoms with Crippen LogP contribution in [0.15, 0.2) is 78.0 Å². The van der Waals surface area contributed by atoms with E-state index in [1.54, 1.807) is 6.07 Å². The van der Waals surface area contributed by atoms with Gasteiger partial charge >= 0.3 is 0 Å². The smallest absolute Gasteiger partial charge is 0.190 e. The van der Waals surface area contributed by atoms with Crippen molar-refractivity contribution < 1.29 is 9.47 Å². The lowest BCUT2D eigenvalue weighted by molar-refractivity contribution is 0.312. The number of ether oxygens (including phenoxy) is 2. The molecule has 33 heavy (non-hydrogen) atoms. The summed E-state index contributed by atoms with van der Waals surface area (Å²) >= 11 is 0. The number of anilines is 1. The molecule has 1 N–H and O–H groups in total. The summed E-state index contributed by atoms with van der Waals surface area (Å²) in [6, 6.07) is 23.8. The molecule has 6 heteroatoms. The molecular formula is C27H25N3O3. The van der Waals surface area contributed by atoms with E-state index in [1.807, 2.05) is 73.7 Å². The quantitative estimate of drug-likeness (QED) is 0.290. The third-order valence-corrected chi connectivity index (χ3v) is 5.18. The fourth-order valence-electron chi connectivity index (χ4n) is 3.59. The number of hydrogen-bond donors (Lipinski definition) is 1. The lowest BCUT2D eigenvalue weighted by atomic mass is 10.1. The molecule has 0 aliphatic heterocycles. The number of nitrogens with zero attached hydrogens (tertiary/aromatic N) is 2. The van der Waals surface area contributed by atoms with Crippen molar-refractivity contribution in [3.63, 3.8) is 0 Å². The first-order valence-corrected chi connectivity index (χ1v) is 10.8. The number of para-hydroxylation sites is 1. The van der Waals surface area contributed by atoms with Crippen LogP contribution in [0, 0.1) is 4.91 Å². The van der Waals surface area contributed by atoms with Gasteiger partial charge in [0.25, 0.3) is 0 Å². The SMILES string of the molecule is CCOc1c(N=O)cc(/C=C/c2ccc3cccc(NCc4ccccc4)c3n2)cc1OC. The van der Waals surface area contributed by atoms with Crippen LogP contribution in [-0.4, -0.2) is 18.7 Å². The number of fused-ring (bicyclic) bond motifs is 1. The number of hydrogen-bond acceptors (Lipinski definition) is 6. The standard InChI is InChI=1S/C27H25N3O3/c1-3-33-27-24(30-31)16-20(17-25(27)32-2)12-14-22-15-13-21-10-7-11-23(26(21)29-22)28-18-19-8-5-4-6-9-19/h4-17,28H,3,18H2,1-2H3/b14-12+. The molecular weight excluding hydrogens is 414 g/mol. The first-order chi connectivity index (χ1) is 16.2. The van der Waals surface area contributed by atoms with E-state index in [9.17, 15) is 4.91 Å². The Balaban J connectivity index is 1.62. The monoisotopic (exact) mass is 439 g/mol. The Kier molecular flexibility index (Phi) is 6.95. The molecule has 6 nitrogen and oxygen atoms in total. The van der Waals surface area contributed by atoms with E-state index >= 15 is 0 Å². The molecule has 4 rings (SSSR count). The molecule has 3 aromatic carbocycles. The average molecular weight is 440 g/mol. The van der Waals surface area contributed by atoms with Gasteiger partial charge < -0.3 is 14.8 Å². The zero-order valence-electron chi connectivity index (χ0n) is 18.6. The highest BCUT2D eigenvalue weighted by molar-refractivity contribution is 5.91. The number of aromatic nitrogens is 1. The highest BCUT2D eigenvalue weighted by Gasteiger charge is 2.13. The van der Waals surface area contributed by atoms with Crippen LogP contribution in [0.25, 0.3) is 23.1 Å². The van der Waals surface area contributed by atoms with Crippen molar-refractivity contribution in [1.29, 1.82) is 0 Å². The largest absolute Gasteiger partial charge is 0.493 e. The van der Waals surface area contributed by atoms with E-state index in [0.29, 0.717) is 18.1 Å². The first-order valence-electron chi connectivity index (χ1n) is 10.8. The van der Waals surface area contributed by atoms with Crippen LogP contribution < -0.4 is 14.8 Å². The summed E-state index contributed by atoms with van der Waals surface area (Å²) in [6.07, 6.45) is 3.78. The number of nitroso groups, excluding NO2 is 1. The average Bonchev–Trinajstić information content (AvgIpc) is 2.87. The molecule has 0 unspecified atom stereocenters. The van der Waals surface area contributed by atoms with Crippen molar-refractivity contribution in [3.8, 4) is 11.5 Å². The molecule has 0 fully saturated rings. The third-order valence-electron chi connectivity index (χ3n) is 5.18. The second-order valence-electron chi connectivity index (χ2n) is 7.38. The third kappa shape index (κ3) is 5.18. The normalized spacial score (nSPS) is 11.0. The van der Waals surface area contributed by atoms with Gasteiger partial charge in [-0.25, -0.2) is 4.98 Å². The van der Waals surface area contributed by atoms with E-state index in [2.05, 4.69) is 22.6 Å². The van der Waals surface area contributed by atoms with E-state index < -0.39 is 0 Å². The number of rotatable bonds is 9. The van der Waals surface area contributed by atoms with E-state index in [1.165, 1.54) is 12.7 Å². The van der Waals surface area contributed by atoms with Crippen molar-refractivity contribution in [1.82, 2.24) is 4.98 Å². The van der Waals surface area contributed by atoms with Gasteiger partial charge in [0.05, 0.1) is 30.6 Å². The van der Waals surface area contributed by atoms with Gasteiger partial charge in [-0.2, -0.15) is 0 Å². The van der Waals surface area contributed by atoms with Crippen molar-refractivity contribution in [3.05, 3.63) is 94.5 Å². The maximum atomic E-state index is 11.3. The Morgan fingerprint density at radius 1 is 1.00 bits per heavy atom. The maximum Gasteiger partial charge on any atom is 0.190 e. The van der Waals surface area contributed by atoms with Crippen molar-refractivity contribution in [2.75, 3.05) is 19.0 Å². The summed E-state index contributed by atoms with van der Waals surface area (Å²) < 4.78 is 10.9.